The van der Waals surface area contributed by atoms with E-state index in [1.54, 1.807) is 11.3 Å². The number of nitrogens with zero attached hydrogens (tertiary/aromatic N) is 2. The van der Waals surface area contributed by atoms with Crippen LogP contribution in [0, 0.1) is 0 Å². The van der Waals surface area contributed by atoms with Gasteiger partial charge in [0.15, 0.2) is 0 Å². The van der Waals surface area contributed by atoms with Crippen LogP contribution in [0.1, 0.15) is 29.8 Å². The highest BCUT2D eigenvalue weighted by atomic mass is 32.1. The first-order valence-corrected chi connectivity index (χ1v) is 8.62. The predicted octanol–water partition coefficient (Wildman–Crippen LogP) is 3.87. The van der Waals surface area contributed by atoms with Crippen molar-refractivity contribution in [2.45, 2.75) is 25.9 Å². The SMILES string of the molecule is CC(c1ccccc1)n1nc(-c2cccs2)c2c1CCNC2. The van der Waals surface area contributed by atoms with Crippen molar-refractivity contribution in [2.24, 2.45) is 0 Å². The summed E-state index contributed by atoms with van der Waals surface area (Å²) in [6, 6.07) is 15.2. The van der Waals surface area contributed by atoms with Crippen molar-refractivity contribution >= 4 is 11.3 Å². The number of fused-ring (bicyclic) bond motifs is 1. The Balaban J connectivity index is 1.83. The number of aromatic nitrogens is 2. The van der Waals surface area contributed by atoms with Crippen LogP contribution in [0.5, 0.6) is 0 Å². The molecule has 1 aliphatic rings. The average molecular weight is 309 g/mol. The molecule has 1 aliphatic heterocycles. The van der Waals surface area contributed by atoms with Crippen LogP contribution >= 0.6 is 11.3 Å². The van der Waals surface area contributed by atoms with Crippen molar-refractivity contribution in [3.63, 3.8) is 0 Å². The molecule has 4 heteroatoms. The van der Waals surface area contributed by atoms with E-state index in [1.165, 1.54) is 21.7 Å². The third-order valence-corrected chi connectivity index (χ3v) is 5.24. The van der Waals surface area contributed by atoms with Crippen LogP contribution in [0.15, 0.2) is 47.8 Å². The Morgan fingerprint density at radius 2 is 2.05 bits per heavy atom. The van der Waals surface area contributed by atoms with E-state index < -0.39 is 0 Å². The molecule has 0 amide bonds. The monoisotopic (exact) mass is 309 g/mol. The molecule has 1 aromatic carbocycles. The molecule has 3 aromatic rings. The molecular weight excluding hydrogens is 290 g/mol. The number of thiophene rings is 1. The molecule has 0 bridgehead atoms. The van der Waals surface area contributed by atoms with Gasteiger partial charge in [0.05, 0.1) is 10.9 Å². The Kier molecular flexibility index (Phi) is 3.56. The zero-order valence-corrected chi connectivity index (χ0v) is 13.4. The van der Waals surface area contributed by atoms with Crippen LogP contribution in [0.25, 0.3) is 10.6 Å². The topological polar surface area (TPSA) is 29.9 Å². The Bertz CT molecular complexity index is 759. The predicted molar refractivity (Wildman–Crippen MR) is 91.2 cm³/mol. The van der Waals surface area contributed by atoms with E-state index in [9.17, 15) is 0 Å². The molecule has 2 aromatic heterocycles. The molecule has 112 valence electrons. The molecule has 0 spiro atoms. The molecule has 0 aliphatic carbocycles. The summed E-state index contributed by atoms with van der Waals surface area (Å²) < 4.78 is 2.24. The summed E-state index contributed by atoms with van der Waals surface area (Å²) in [5.74, 6) is 0. The summed E-state index contributed by atoms with van der Waals surface area (Å²) in [6.07, 6.45) is 1.05. The lowest BCUT2D eigenvalue weighted by molar-refractivity contribution is 0.517. The van der Waals surface area contributed by atoms with Gasteiger partial charge in [0.25, 0.3) is 0 Å². The fraction of sp³-hybridized carbons (Fsp3) is 0.278. The number of hydrogen-bond donors (Lipinski definition) is 1. The fourth-order valence-corrected chi connectivity index (χ4v) is 3.92. The fourth-order valence-electron chi connectivity index (χ4n) is 3.18. The maximum atomic E-state index is 5.00. The summed E-state index contributed by atoms with van der Waals surface area (Å²) in [5, 5.41) is 10.6. The van der Waals surface area contributed by atoms with Crippen molar-refractivity contribution in [1.29, 1.82) is 0 Å². The summed E-state index contributed by atoms with van der Waals surface area (Å²) >= 11 is 1.77. The maximum Gasteiger partial charge on any atom is 0.107 e. The smallest absolute Gasteiger partial charge is 0.107 e. The van der Waals surface area contributed by atoms with Crippen LogP contribution in [0.2, 0.25) is 0 Å². The van der Waals surface area contributed by atoms with Crippen LogP contribution in [0.4, 0.5) is 0 Å². The molecule has 0 fully saturated rings. The highest BCUT2D eigenvalue weighted by Gasteiger charge is 2.24. The second-order valence-electron chi connectivity index (χ2n) is 5.71. The van der Waals surface area contributed by atoms with Gasteiger partial charge in [0.1, 0.15) is 5.69 Å². The number of benzene rings is 1. The second kappa shape index (κ2) is 5.71. The van der Waals surface area contributed by atoms with Crippen molar-refractivity contribution in [1.82, 2.24) is 15.1 Å². The number of nitrogens with one attached hydrogen (secondary N) is 1. The number of hydrogen-bond acceptors (Lipinski definition) is 3. The van der Waals surface area contributed by atoms with Gasteiger partial charge in [-0.05, 0) is 23.9 Å². The first kappa shape index (κ1) is 13.7. The van der Waals surface area contributed by atoms with Gasteiger partial charge in [-0.2, -0.15) is 5.10 Å². The minimum Gasteiger partial charge on any atom is -0.312 e. The lowest BCUT2D eigenvalue weighted by Gasteiger charge is -2.19. The highest BCUT2D eigenvalue weighted by Crippen LogP contribution is 2.33. The quantitative estimate of drug-likeness (QED) is 0.796. The van der Waals surface area contributed by atoms with Gasteiger partial charge < -0.3 is 5.32 Å². The molecule has 3 nitrogen and oxygen atoms in total. The van der Waals surface area contributed by atoms with E-state index in [-0.39, 0.29) is 6.04 Å². The average Bonchev–Trinajstić information content (AvgIpc) is 3.22. The molecule has 0 saturated heterocycles. The molecule has 1 N–H and O–H groups in total. The standard InChI is InChI=1S/C18H19N3S/c1-13(14-6-3-2-4-7-14)21-16-9-10-19-12-15(16)18(20-21)17-8-5-11-22-17/h2-8,11,13,19H,9-10,12H2,1H3. The van der Waals surface area contributed by atoms with Gasteiger partial charge in [0.2, 0.25) is 0 Å². The summed E-state index contributed by atoms with van der Waals surface area (Å²) in [7, 11) is 0. The molecule has 0 radical (unpaired) electrons. The largest absolute Gasteiger partial charge is 0.312 e. The van der Waals surface area contributed by atoms with Gasteiger partial charge in [-0.3, -0.25) is 4.68 Å². The van der Waals surface area contributed by atoms with E-state index in [2.05, 4.69) is 64.8 Å². The van der Waals surface area contributed by atoms with E-state index >= 15 is 0 Å². The molecule has 1 atom stereocenters. The zero-order valence-electron chi connectivity index (χ0n) is 12.6. The third-order valence-electron chi connectivity index (χ3n) is 4.36. The summed E-state index contributed by atoms with van der Waals surface area (Å²) in [5.41, 5.74) is 5.22. The second-order valence-corrected chi connectivity index (χ2v) is 6.66. The summed E-state index contributed by atoms with van der Waals surface area (Å²) in [4.78, 5) is 1.26. The number of rotatable bonds is 3. The van der Waals surface area contributed by atoms with E-state index in [4.69, 9.17) is 5.10 Å². The lowest BCUT2D eigenvalue weighted by Crippen LogP contribution is -2.25. The normalized spacial score (nSPS) is 15.5. The van der Waals surface area contributed by atoms with E-state index in [1.807, 2.05) is 0 Å². The Hall–Kier alpha value is -1.91. The van der Waals surface area contributed by atoms with Gasteiger partial charge >= 0.3 is 0 Å². The maximum absolute atomic E-state index is 5.00. The highest BCUT2D eigenvalue weighted by molar-refractivity contribution is 7.13. The van der Waals surface area contributed by atoms with E-state index in [0.29, 0.717) is 0 Å². The zero-order chi connectivity index (χ0) is 14.9. The van der Waals surface area contributed by atoms with Crippen LogP contribution in [-0.2, 0) is 13.0 Å². The Labute approximate surface area is 134 Å². The Morgan fingerprint density at radius 3 is 2.82 bits per heavy atom. The molecular formula is C18H19N3S. The Morgan fingerprint density at radius 1 is 1.18 bits per heavy atom. The molecule has 0 saturated carbocycles. The van der Waals surface area contributed by atoms with Crippen LogP contribution < -0.4 is 5.32 Å². The van der Waals surface area contributed by atoms with E-state index in [0.717, 1.165) is 25.2 Å². The molecule has 22 heavy (non-hydrogen) atoms. The minimum atomic E-state index is 0.266. The molecule has 4 rings (SSSR count). The van der Waals surface area contributed by atoms with Crippen LogP contribution in [0.3, 0.4) is 0 Å². The third kappa shape index (κ3) is 2.28. The lowest BCUT2D eigenvalue weighted by atomic mass is 10.0. The van der Waals surface area contributed by atoms with Crippen molar-refractivity contribution in [3.8, 4) is 10.6 Å². The first-order chi connectivity index (χ1) is 10.8. The van der Waals surface area contributed by atoms with Gasteiger partial charge in [-0.25, -0.2) is 0 Å². The van der Waals surface area contributed by atoms with Crippen LogP contribution in [-0.4, -0.2) is 16.3 Å². The van der Waals surface area contributed by atoms with Crippen molar-refractivity contribution in [3.05, 3.63) is 64.7 Å². The summed E-state index contributed by atoms with van der Waals surface area (Å²) in [6.45, 7) is 4.19. The molecule has 1 unspecified atom stereocenters. The molecule has 3 heterocycles. The van der Waals surface area contributed by atoms with Crippen molar-refractivity contribution < 1.29 is 0 Å². The first-order valence-electron chi connectivity index (χ1n) is 7.74. The van der Waals surface area contributed by atoms with Gasteiger partial charge in [-0.1, -0.05) is 36.4 Å². The van der Waals surface area contributed by atoms with Gasteiger partial charge in [-0.15, -0.1) is 11.3 Å². The van der Waals surface area contributed by atoms with Gasteiger partial charge in [0, 0.05) is 30.8 Å². The van der Waals surface area contributed by atoms with Crippen molar-refractivity contribution in [2.75, 3.05) is 6.54 Å². The minimum absolute atomic E-state index is 0.266.